The highest BCUT2D eigenvalue weighted by atomic mass is 35.5. The molecule has 5 heteroatoms. The van der Waals surface area contributed by atoms with Gasteiger partial charge in [-0.2, -0.15) is 0 Å². The fourth-order valence-corrected chi connectivity index (χ4v) is 8.74. The third-order valence-corrected chi connectivity index (χ3v) is 9.97. The topological polar surface area (TPSA) is 29.1 Å². The minimum atomic E-state index is 0.147. The number of benzene rings is 1. The molecule has 1 spiro atoms. The average Bonchev–Trinajstić information content (AvgIpc) is 2.99. The number of carbonyl (C=O) groups excluding carboxylic acids is 1. The lowest BCUT2D eigenvalue weighted by atomic mass is 9.67. The monoisotopic (exact) mass is 367 g/mol. The molecule has 2 nitrogen and oxygen atoms in total. The largest absolute Gasteiger partial charge is 0.325 e. The number of halogens is 1. The minimum Gasteiger partial charge on any atom is -0.325 e. The van der Waals surface area contributed by atoms with Gasteiger partial charge in [-0.15, -0.1) is 23.5 Å². The number of amides is 1. The van der Waals surface area contributed by atoms with Crippen LogP contribution in [0.1, 0.15) is 32.1 Å². The molecule has 1 aliphatic heterocycles. The van der Waals surface area contributed by atoms with Crippen LogP contribution in [-0.4, -0.2) is 21.5 Å². The van der Waals surface area contributed by atoms with Gasteiger partial charge in [-0.25, -0.2) is 0 Å². The molecule has 3 fully saturated rings. The Balaban J connectivity index is 1.49. The first kappa shape index (κ1) is 16.2. The van der Waals surface area contributed by atoms with Gasteiger partial charge in [0, 0.05) is 17.4 Å². The van der Waals surface area contributed by atoms with Crippen molar-refractivity contribution in [3.05, 3.63) is 29.3 Å². The molecule has 0 radical (unpaired) electrons. The van der Waals surface area contributed by atoms with Gasteiger partial charge < -0.3 is 5.32 Å². The lowest BCUT2D eigenvalue weighted by Gasteiger charge is -2.52. The molecule has 23 heavy (non-hydrogen) atoms. The zero-order valence-electron chi connectivity index (χ0n) is 13.1. The van der Waals surface area contributed by atoms with Crippen LogP contribution >= 0.6 is 35.1 Å². The normalized spacial score (nSPS) is 32.0. The summed E-state index contributed by atoms with van der Waals surface area (Å²) in [5.41, 5.74) is 0.745. The summed E-state index contributed by atoms with van der Waals surface area (Å²) in [6, 6.07) is 7.51. The summed E-state index contributed by atoms with van der Waals surface area (Å²) >= 11 is 10.6. The molecule has 4 rings (SSSR count). The molecular formula is C18H22ClNOS2. The molecule has 1 N–H and O–H groups in total. The average molecular weight is 368 g/mol. The Morgan fingerprint density at radius 2 is 1.78 bits per heavy atom. The second-order valence-corrected chi connectivity index (χ2v) is 10.3. The van der Waals surface area contributed by atoms with E-state index in [1.54, 1.807) is 0 Å². The Bertz CT molecular complexity index is 586. The fraction of sp³-hybridized carbons (Fsp3) is 0.611. The lowest BCUT2D eigenvalue weighted by Crippen LogP contribution is -2.48. The van der Waals surface area contributed by atoms with Crippen LogP contribution in [0.2, 0.25) is 5.02 Å². The third kappa shape index (κ3) is 2.91. The second-order valence-electron chi connectivity index (χ2n) is 6.88. The number of para-hydroxylation sites is 1. The minimum absolute atomic E-state index is 0.147. The Kier molecular flexibility index (Phi) is 4.59. The number of anilines is 1. The van der Waals surface area contributed by atoms with Gasteiger partial charge in [-0.05, 0) is 49.7 Å². The van der Waals surface area contributed by atoms with E-state index in [4.69, 9.17) is 11.6 Å². The maximum Gasteiger partial charge on any atom is 0.227 e. The van der Waals surface area contributed by atoms with Crippen LogP contribution in [-0.2, 0) is 4.79 Å². The van der Waals surface area contributed by atoms with E-state index in [2.05, 4.69) is 28.8 Å². The van der Waals surface area contributed by atoms with Crippen molar-refractivity contribution in [1.29, 1.82) is 0 Å². The second kappa shape index (κ2) is 6.53. The summed E-state index contributed by atoms with van der Waals surface area (Å²) in [6.07, 6.45) is 6.04. The smallest absolute Gasteiger partial charge is 0.227 e. The van der Waals surface area contributed by atoms with Gasteiger partial charge in [0.25, 0.3) is 0 Å². The summed E-state index contributed by atoms with van der Waals surface area (Å²) in [5, 5.41) is 3.68. The molecule has 1 aromatic rings. The summed E-state index contributed by atoms with van der Waals surface area (Å²) < 4.78 is 0.430. The molecule has 2 aliphatic carbocycles. The van der Waals surface area contributed by atoms with Crippen LogP contribution in [0.25, 0.3) is 0 Å². The highest BCUT2D eigenvalue weighted by Crippen LogP contribution is 2.64. The van der Waals surface area contributed by atoms with Gasteiger partial charge >= 0.3 is 0 Å². The number of hydrogen-bond acceptors (Lipinski definition) is 3. The van der Waals surface area contributed by atoms with E-state index in [1.165, 1.54) is 30.8 Å². The highest BCUT2D eigenvalue weighted by Gasteiger charge is 2.55. The Labute approximate surface area is 151 Å². The van der Waals surface area contributed by atoms with Crippen LogP contribution < -0.4 is 5.32 Å². The Morgan fingerprint density at radius 1 is 1.13 bits per heavy atom. The van der Waals surface area contributed by atoms with Crippen molar-refractivity contribution in [2.24, 2.45) is 17.8 Å². The summed E-state index contributed by atoms with van der Waals surface area (Å²) in [7, 11) is 0. The van der Waals surface area contributed by atoms with Gasteiger partial charge in [-0.3, -0.25) is 4.79 Å². The molecule has 2 atom stereocenters. The van der Waals surface area contributed by atoms with Gasteiger partial charge in [0.2, 0.25) is 5.91 Å². The van der Waals surface area contributed by atoms with Crippen LogP contribution in [0.5, 0.6) is 0 Å². The predicted molar refractivity (Wildman–Crippen MR) is 101 cm³/mol. The quantitative estimate of drug-likeness (QED) is 0.770. The number of nitrogens with one attached hydrogen (secondary N) is 1. The van der Waals surface area contributed by atoms with Crippen molar-refractivity contribution in [1.82, 2.24) is 0 Å². The Hall–Kier alpha value is -0.320. The number of rotatable bonds is 2. The van der Waals surface area contributed by atoms with E-state index in [0.717, 1.165) is 18.5 Å². The van der Waals surface area contributed by atoms with Crippen molar-refractivity contribution in [3.63, 3.8) is 0 Å². The molecule has 2 saturated carbocycles. The van der Waals surface area contributed by atoms with Crippen LogP contribution in [0.15, 0.2) is 24.3 Å². The zero-order valence-corrected chi connectivity index (χ0v) is 15.5. The summed E-state index contributed by atoms with van der Waals surface area (Å²) in [6.45, 7) is 0. The van der Waals surface area contributed by atoms with Crippen molar-refractivity contribution >= 4 is 46.7 Å². The predicted octanol–water partition coefficient (Wildman–Crippen LogP) is 5.28. The maximum atomic E-state index is 12.8. The molecule has 0 aromatic heterocycles. The zero-order chi connectivity index (χ0) is 15.9. The van der Waals surface area contributed by atoms with Crippen LogP contribution in [0, 0.1) is 17.8 Å². The molecule has 1 saturated heterocycles. The fourth-order valence-electron chi connectivity index (χ4n) is 4.62. The molecule has 3 aliphatic rings. The van der Waals surface area contributed by atoms with E-state index >= 15 is 0 Å². The number of hydrogen-bond donors (Lipinski definition) is 1. The molecular weight excluding hydrogens is 346 g/mol. The van der Waals surface area contributed by atoms with Crippen molar-refractivity contribution in [2.75, 3.05) is 16.8 Å². The van der Waals surface area contributed by atoms with Crippen LogP contribution in [0.3, 0.4) is 0 Å². The molecule has 1 heterocycles. The maximum absolute atomic E-state index is 12.8. The first-order valence-corrected chi connectivity index (χ1v) is 10.9. The third-order valence-electron chi connectivity index (χ3n) is 5.62. The number of carbonyl (C=O) groups is 1. The Morgan fingerprint density at radius 3 is 2.43 bits per heavy atom. The summed E-state index contributed by atoms with van der Waals surface area (Å²) in [5.74, 6) is 4.29. The summed E-state index contributed by atoms with van der Waals surface area (Å²) in [4.78, 5) is 12.8. The van der Waals surface area contributed by atoms with Crippen molar-refractivity contribution in [3.8, 4) is 0 Å². The van der Waals surface area contributed by atoms with E-state index < -0.39 is 0 Å². The molecule has 2 unspecified atom stereocenters. The first-order valence-electron chi connectivity index (χ1n) is 8.52. The van der Waals surface area contributed by atoms with E-state index in [-0.39, 0.29) is 11.8 Å². The van der Waals surface area contributed by atoms with Crippen LogP contribution in [0.4, 0.5) is 5.69 Å². The number of thioether (sulfide) groups is 2. The highest BCUT2D eigenvalue weighted by molar-refractivity contribution is 8.21. The van der Waals surface area contributed by atoms with Crippen molar-refractivity contribution in [2.45, 2.75) is 36.2 Å². The van der Waals surface area contributed by atoms with Gasteiger partial charge in [0.15, 0.2) is 0 Å². The standard InChI is InChI=1S/C18H22ClNOS2/c19-15-6-1-2-7-16(15)20-17(21)12-10-13-4-3-5-14(11-12)18(13)22-8-9-23-18/h1-2,6-7,12-14H,3-5,8-11H2,(H,20,21). The van der Waals surface area contributed by atoms with Crippen molar-refractivity contribution < 1.29 is 4.79 Å². The first-order chi connectivity index (χ1) is 11.2. The molecule has 124 valence electrons. The van der Waals surface area contributed by atoms with Gasteiger partial charge in [0.05, 0.1) is 14.8 Å². The SMILES string of the molecule is O=C(Nc1ccccc1Cl)C1CC2CCCC(C1)C21SCCS1. The van der Waals surface area contributed by atoms with E-state index in [1.807, 2.05) is 24.3 Å². The lowest BCUT2D eigenvalue weighted by molar-refractivity contribution is -0.122. The van der Waals surface area contributed by atoms with Gasteiger partial charge in [0.1, 0.15) is 0 Å². The van der Waals surface area contributed by atoms with E-state index in [9.17, 15) is 4.79 Å². The van der Waals surface area contributed by atoms with E-state index in [0.29, 0.717) is 20.9 Å². The molecule has 2 bridgehead atoms. The molecule has 1 aromatic carbocycles. The van der Waals surface area contributed by atoms with Gasteiger partial charge in [-0.1, -0.05) is 30.2 Å². The molecule has 1 amide bonds.